The van der Waals surface area contributed by atoms with Gasteiger partial charge in [-0.2, -0.15) is 0 Å². The molecule has 2 aliphatic rings. The van der Waals surface area contributed by atoms with Crippen LogP contribution in [0.2, 0.25) is 0 Å². The second-order valence-electron chi connectivity index (χ2n) is 5.65. The third-order valence-corrected chi connectivity index (χ3v) is 3.86. The number of hydrogen-bond acceptors (Lipinski definition) is 6. The topological polar surface area (TPSA) is 85.1 Å². The van der Waals surface area contributed by atoms with Gasteiger partial charge in [0.2, 0.25) is 6.23 Å². The normalized spacial score (nSPS) is 23.5. The lowest BCUT2D eigenvalue weighted by Gasteiger charge is -2.25. The monoisotopic (exact) mass is 305 g/mol. The second kappa shape index (κ2) is 5.49. The summed E-state index contributed by atoms with van der Waals surface area (Å²) in [6, 6.07) is 5.57. The van der Waals surface area contributed by atoms with Crippen LogP contribution >= 0.6 is 0 Å². The third-order valence-electron chi connectivity index (χ3n) is 3.86. The van der Waals surface area contributed by atoms with Crippen molar-refractivity contribution in [2.45, 2.75) is 32.2 Å². The Hall–Kier alpha value is -2.28. The molecule has 0 aliphatic carbocycles. The molecule has 3 rings (SSSR count). The Morgan fingerprint density at radius 3 is 2.77 bits per heavy atom. The molecule has 1 aromatic carbocycles. The Morgan fingerprint density at radius 2 is 2.18 bits per heavy atom. The molecule has 0 saturated carbocycles. The van der Waals surface area contributed by atoms with Crippen molar-refractivity contribution >= 4 is 23.8 Å². The Kier molecular flexibility index (Phi) is 3.66. The van der Waals surface area contributed by atoms with Gasteiger partial charge in [-0.1, -0.05) is 0 Å². The number of hydrogen-bond donors (Lipinski definition) is 1. The largest absolute Gasteiger partial charge is 0.461 e. The van der Waals surface area contributed by atoms with Crippen molar-refractivity contribution in [1.82, 2.24) is 0 Å². The predicted octanol–water partition coefficient (Wildman–Crippen LogP) is 1.10. The zero-order valence-electron chi connectivity index (χ0n) is 12.6. The van der Waals surface area contributed by atoms with E-state index in [1.165, 1.54) is 4.90 Å². The van der Waals surface area contributed by atoms with Crippen molar-refractivity contribution in [2.75, 3.05) is 22.9 Å². The molecule has 1 aromatic rings. The number of nitrogens with zero attached hydrogens (tertiary/aromatic N) is 2. The molecule has 1 saturated heterocycles. The molecule has 7 nitrogen and oxygen atoms in total. The highest BCUT2D eigenvalue weighted by Crippen LogP contribution is 2.41. The second-order valence-corrected chi connectivity index (χ2v) is 5.65. The maximum Gasteiger partial charge on any atom is 0.414 e. The minimum atomic E-state index is -0.632. The van der Waals surface area contributed by atoms with E-state index >= 15 is 0 Å². The van der Waals surface area contributed by atoms with Crippen LogP contribution in [0, 0.1) is 0 Å². The Labute approximate surface area is 128 Å². The lowest BCUT2D eigenvalue weighted by Crippen LogP contribution is -2.40. The van der Waals surface area contributed by atoms with E-state index in [0.29, 0.717) is 18.0 Å². The summed E-state index contributed by atoms with van der Waals surface area (Å²) in [6.07, 6.45) is -0.570. The first-order valence-electron chi connectivity index (χ1n) is 7.27. The first-order valence-corrected chi connectivity index (χ1v) is 7.27. The van der Waals surface area contributed by atoms with E-state index in [9.17, 15) is 9.59 Å². The number of nitrogens with two attached hydrogens (primary N) is 1. The van der Waals surface area contributed by atoms with Gasteiger partial charge in [0, 0.05) is 18.7 Å². The molecule has 118 valence electrons. The van der Waals surface area contributed by atoms with Crippen molar-refractivity contribution < 1.29 is 19.1 Å². The maximum absolute atomic E-state index is 11.9. The molecule has 0 spiro atoms. The quantitative estimate of drug-likeness (QED) is 0.839. The fraction of sp³-hybridized carbons (Fsp3) is 0.467. The standard InChI is InChI=1S/C15H19N3O4/c1-9(2)18-12-4-3-10(5-13(12)22-14(18)8-19)17-7-11(6-16)21-15(17)20/h3-5,8-9,11,14H,6-7,16H2,1-2H3/t11-,14?/m0/s1. The van der Waals surface area contributed by atoms with E-state index in [0.717, 1.165) is 12.0 Å². The van der Waals surface area contributed by atoms with E-state index in [1.807, 2.05) is 30.9 Å². The zero-order valence-corrected chi connectivity index (χ0v) is 12.6. The van der Waals surface area contributed by atoms with Gasteiger partial charge in [0.15, 0.2) is 6.29 Å². The van der Waals surface area contributed by atoms with E-state index in [2.05, 4.69) is 0 Å². The fourth-order valence-corrected chi connectivity index (χ4v) is 2.82. The summed E-state index contributed by atoms with van der Waals surface area (Å²) in [6.45, 7) is 4.69. The minimum absolute atomic E-state index is 0.126. The van der Waals surface area contributed by atoms with Crippen molar-refractivity contribution in [2.24, 2.45) is 5.73 Å². The number of ether oxygens (including phenoxy) is 2. The molecule has 1 fully saturated rings. The summed E-state index contributed by atoms with van der Waals surface area (Å²) in [5.41, 5.74) is 7.06. The SMILES string of the molecule is CC(C)N1c2ccc(N3C[C@H](CN)OC3=O)cc2OC1C=O. The maximum atomic E-state index is 11.9. The molecular formula is C15H19N3O4. The Bertz CT molecular complexity index is 604. The van der Waals surface area contributed by atoms with Gasteiger partial charge in [-0.05, 0) is 26.0 Å². The van der Waals surface area contributed by atoms with Crippen molar-refractivity contribution in [1.29, 1.82) is 0 Å². The summed E-state index contributed by atoms with van der Waals surface area (Å²) < 4.78 is 10.8. The van der Waals surface area contributed by atoms with Gasteiger partial charge in [-0.25, -0.2) is 4.79 Å². The van der Waals surface area contributed by atoms with Gasteiger partial charge in [0.05, 0.1) is 17.9 Å². The Balaban J connectivity index is 1.90. The van der Waals surface area contributed by atoms with Crippen LogP contribution in [0.25, 0.3) is 0 Å². The summed E-state index contributed by atoms with van der Waals surface area (Å²) >= 11 is 0. The molecule has 22 heavy (non-hydrogen) atoms. The molecule has 1 amide bonds. The lowest BCUT2D eigenvalue weighted by molar-refractivity contribution is -0.113. The highest BCUT2D eigenvalue weighted by Gasteiger charge is 2.35. The first-order chi connectivity index (χ1) is 10.5. The van der Waals surface area contributed by atoms with Crippen molar-refractivity contribution in [3.05, 3.63) is 18.2 Å². The van der Waals surface area contributed by atoms with Crippen LogP contribution in [0.5, 0.6) is 5.75 Å². The van der Waals surface area contributed by atoms with Gasteiger partial charge < -0.3 is 20.1 Å². The van der Waals surface area contributed by atoms with Crippen molar-refractivity contribution in [3.63, 3.8) is 0 Å². The molecule has 2 atom stereocenters. The number of carbonyl (C=O) groups is 2. The fourth-order valence-electron chi connectivity index (χ4n) is 2.82. The number of amides is 1. The minimum Gasteiger partial charge on any atom is -0.461 e. The molecule has 7 heteroatoms. The number of rotatable bonds is 4. The van der Waals surface area contributed by atoms with Gasteiger partial charge >= 0.3 is 6.09 Å². The van der Waals surface area contributed by atoms with Crippen LogP contribution in [0.4, 0.5) is 16.2 Å². The number of aldehydes is 1. The molecule has 0 aromatic heterocycles. The summed E-state index contributed by atoms with van der Waals surface area (Å²) in [5, 5.41) is 0. The van der Waals surface area contributed by atoms with Crippen LogP contribution in [-0.2, 0) is 9.53 Å². The lowest BCUT2D eigenvalue weighted by atomic mass is 10.2. The smallest absolute Gasteiger partial charge is 0.414 e. The molecule has 2 N–H and O–H groups in total. The molecule has 0 bridgehead atoms. The van der Waals surface area contributed by atoms with E-state index in [-0.39, 0.29) is 18.7 Å². The summed E-state index contributed by atoms with van der Waals surface area (Å²) in [4.78, 5) is 26.5. The van der Waals surface area contributed by atoms with Crippen molar-refractivity contribution in [3.8, 4) is 5.75 Å². The number of cyclic esters (lactones) is 1. The molecule has 2 heterocycles. The average molecular weight is 305 g/mol. The molecular weight excluding hydrogens is 286 g/mol. The number of benzene rings is 1. The number of carbonyl (C=O) groups excluding carboxylic acids is 2. The van der Waals surface area contributed by atoms with Gasteiger partial charge in [0.25, 0.3) is 0 Å². The zero-order chi connectivity index (χ0) is 15.9. The van der Waals surface area contributed by atoms with Crippen LogP contribution in [0.15, 0.2) is 18.2 Å². The van der Waals surface area contributed by atoms with Gasteiger partial charge in [-0.3, -0.25) is 9.69 Å². The highest BCUT2D eigenvalue weighted by atomic mass is 16.6. The van der Waals surface area contributed by atoms with Crippen LogP contribution in [0.1, 0.15) is 13.8 Å². The summed E-state index contributed by atoms with van der Waals surface area (Å²) in [5.74, 6) is 0.590. The number of anilines is 2. The molecule has 0 radical (unpaired) electrons. The molecule has 1 unspecified atom stereocenters. The summed E-state index contributed by atoms with van der Waals surface area (Å²) in [7, 11) is 0. The predicted molar refractivity (Wildman–Crippen MR) is 81.2 cm³/mol. The average Bonchev–Trinajstić information content (AvgIpc) is 3.06. The van der Waals surface area contributed by atoms with Crippen LogP contribution in [0.3, 0.4) is 0 Å². The highest BCUT2D eigenvalue weighted by molar-refractivity contribution is 5.91. The van der Waals surface area contributed by atoms with E-state index in [1.54, 1.807) is 6.07 Å². The first kappa shape index (κ1) is 14.6. The Morgan fingerprint density at radius 1 is 1.41 bits per heavy atom. The van der Waals surface area contributed by atoms with Gasteiger partial charge in [-0.15, -0.1) is 0 Å². The van der Waals surface area contributed by atoms with E-state index < -0.39 is 12.3 Å². The van der Waals surface area contributed by atoms with Gasteiger partial charge in [0.1, 0.15) is 11.9 Å². The van der Waals surface area contributed by atoms with Crippen LogP contribution in [-0.4, -0.2) is 43.8 Å². The number of fused-ring (bicyclic) bond motifs is 1. The van der Waals surface area contributed by atoms with Crippen LogP contribution < -0.4 is 20.3 Å². The van der Waals surface area contributed by atoms with E-state index in [4.69, 9.17) is 15.2 Å². The molecule has 2 aliphatic heterocycles. The third kappa shape index (κ3) is 2.27.